The van der Waals surface area contributed by atoms with Gasteiger partial charge in [0.2, 0.25) is 0 Å². The van der Waals surface area contributed by atoms with Crippen molar-refractivity contribution in [2.45, 2.75) is 38.1 Å². The van der Waals surface area contributed by atoms with Crippen LogP contribution in [-0.2, 0) is 12.8 Å². The van der Waals surface area contributed by atoms with E-state index >= 15 is 0 Å². The third-order valence-corrected chi connectivity index (χ3v) is 7.43. The van der Waals surface area contributed by atoms with Crippen LogP contribution in [0.3, 0.4) is 0 Å². The minimum atomic E-state index is -4.69. The van der Waals surface area contributed by atoms with Crippen LogP contribution in [0.1, 0.15) is 23.0 Å². The number of alkyl halides is 5. The number of imidazole rings is 1. The number of aryl methyl sites for hydroxylation is 2. The Morgan fingerprint density at radius 2 is 1.67 bits per heavy atom. The smallest absolute Gasteiger partial charge is 0.434 e. The Balaban J connectivity index is 1.73. The summed E-state index contributed by atoms with van der Waals surface area (Å²) in [6.45, 7) is -0.489. The molecule has 5 rings (SSSR count). The zero-order chi connectivity index (χ0) is 31.1. The third-order valence-electron chi connectivity index (χ3n) is 6.63. The maximum atomic E-state index is 14.9. The number of rotatable bonds is 8. The number of ether oxygens (including phenoxy) is 1. The van der Waals surface area contributed by atoms with Crippen LogP contribution in [0, 0.1) is 19.7 Å². The maximum absolute atomic E-state index is 14.9. The van der Waals surface area contributed by atoms with Gasteiger partial charge in [0.05, 0.1) is 12.3 Å². The molecule has 0 spiro atoms. The van der Waals surface area contributed by atoms with Crippen LogP contribution in [-0.4, -0.2) is 32.5 Å². The lowest BCUT2D eigenvalue weighted by Crippen LogP contribution is -2.05. The molecule has 6 nitrogen and oxygen atoms in total. The third kappa shape index (κ3) is 6.13. The molecule has 0 aliphatic rings. The number of aliphatic hydroxyl groups excluding tert-OH is 1. The fourth-order valence-corrected chi connectivity index (χ4v) is 5.33. The molecule has 0 aliphatic heterocycles. The quantitative estimate of drug-likeness (QED) is 0.139. The van der Waals surface area contributed by atoms with Crippen LogP contribution in [0.25, 0.3) is 39.4 Å². The average Bonchev–Trinajstić information content (AvgIpc) is 3.55. The summed E-state index contributed by atoms with van der Waals surface area (Å²) in [5.74, 6) is -0.227. The molecule has 0 fully saturated rings. The highest BCUT2D eigenvalue weighted by Gasteiger charge is 2.35. The lowest BCUT2D eigenvalue weighted by Gasteiger charge is -2.15. The molecule has 2 aromatic heterocycles. The maximum Gasteiger partial charge on any atom is 0.434 e. The van der Waals surface area contributed by atoms with E-state index in [1.165, 1.54) is 53.6 Å². The zero-order valence-electron chi connectivity index (χ0n) is 22.8. The number of nitrogens with zero attached hydrogens (tertiary/aromatic N) is 3. The Morgan fingerprint density at radius 3 is 2.28 bits per heavy atom. The lowest BCUT2D eigenvalue weighted by molar-refractivity contribution is -0.141. The van der Waals surface area contributed by atoms with Crippen LogP contribution in [0.5, 0.6) is 5.75 Å². The van der Waals surface area contributed by atoms with Gasteiger partial charge in [0.15, 0.2) is 17.3 Å². The first-order valence-electron chi connectivity index (χ1n) is 12.7. The minimum absolute atomic E-state index is 0.0515. The molecular formula is C30H23F6N3O3S. The molecular weight excluding hydrogens is 596 g/mol. The van der Waals surface area contributed by atoms with Gasteiger partial charge in [-0.05, 0) is 72.8 Å². The summed E-state index contributed by atoms with van der Waals surface area (Å²) in [7, 11) is 0. The van der Waals surface area contributed by atoms with Crippen molar-refractivity contribution in [3.05, 3.63) is 89.6 Å². The van der Waals surface area contributed by atoms with Crippen molar-refractivity contribution in [2.75, 3.05) is 6.26 Å². The summed E-state index contributed by atoms with van der Waals surface area (Å²) in [5.41, 5.74) is 1.36. The topological polar surface area (TPSA) is 73.3 Å². The van der Waals surface area contributed by atoms with E-state index in [9.17, 15) is 31.4 Å². The summed E-state index contributed by atoms with van der Waals surface area (Å²) >= 11 is 1.25. The first-order chi connectivity index (χ1) is 20.4. The molecule has 0 bridgehead atoms. The predicted octanol–water partition coefficient (Wildman–Crippen LogP) is 8.45. The van der Waals surface area contributed by atoms with Crippen molar-refractivity contribution < 1.29 is 40.6 Å². The fourth-order valence-electron chi connectivity index (χ4n) is 4.67. The molecule has 2 heterocycles. The Morgan fingerprint density at radius 1 is 0.977 bits per heavy atom. The number of hydrogen-bond donors (Lipinski definition) is 1. The lowest BCUT2D eigenvalue weighted by atomic mass is 9.97. The van der Waals surface area contributed by atoms with Crippen LogP contribution >= 0.6 is 11.8 Å². The van der Waals surface area contributed by atoms with Crippen LogP contribution < -0.4 is 4.74 Å². The van der Waals surface area contributed by atoms with Gasteiger partial charge in [-0.15, -0.1) is 11.8 Å². The van der Waals surface area contributed by atoms with Gasteiger partial charge in [-0.3, -0.25) is 0 Å². The van der Waals surface area contributed by atoms with E-state index in [1.54, 1.807) is 37.4 Å². The highest BCUT2D eigenvalue weighted by Crippen LogP contribution is 2.41. The van der Waals surface area contributed by atoms with Gasteiger partial charge < -0.3 is 18.8 Å². The second-order valence-electron chi connectivity index (χ2n) is 9.38. The summed E-state index contributed by atoms with van der Waals surface area (Å²) in [4.78, 5) is 8.67. The SMILES string of the molecule is CSc1cc(-c2ccc(-n3cc(C(F)(F)F)nc3C)c(-c3oc(C)nc3-c3ccc(OC(F)F)cc3)c2)cc(F)c1CO. The molecule has 5 aromatic rings. The van der Waals surface area contributed by atoms with Crippen molar-refractivity contribution in [2.24, 2.45) is 0 Å². The zero-order valence-corrected chi connectivity index (χ0v) is 23.7. The average molecular weight is 620 g/mol. The van der Waals surface area contributed by atoms with Gasteiger partial charge in [0.1, 0.15) is 23.1 Å². The molecule has 0 atom stereocenters. The van der Waals surface area contributed by atoms with Gasteiger partial charge in [0, 0.05) is 34.7 Å². The van der Waals surface area contributed by atoms with Gasteiger partial charge in [0.25, 0.3) is 0 Å². The summed E-state index contributed by atoms with van der Waals surface area (Å²) < 4.78 is 92.7. The van der Waals surface area contributed by atoms with Crippen LogP contribution in [0.2, 0.25) is 0 Å². The van der Waals surface area contributed by atoms with E-state index in [2.05, 4.69) is 14.7 Å². The normalized spacial score (nSPS) is 11.9. The summed E-state index contributed by atoms with van der Waals surface area (Å²) in [5, 5.41) is 9.63. The molecule has 0 amide bonds. The van der Waals surface area contributed by atoms with E-state index in [0.29, 0.717) is 32.8 Å². The number of hydrogen-bond acceptors (Lipinski definition) is 6. The fraction of sp³-hybridized carbons (Fsp3) is 0.200. The van der Waals surface area contributed by atoms with Crippen LogP contribution in [0.4, 0.5) is 26.3 Å². The van der Waals surface area contributed by atoms with E-state index in [4.69, 9.17) is 4.42 Å². The van der Waals surface area contributed by atoms with Crippen molar-refractivity contribution in [1.82, 2.24) is 14.5 Å². The van der Waals surface area contributed by atoms with Crippen molar-refractivity contribution in [3.63, 3.8) is 0 Å². The Bertz CT molecular complexity index is 1780. The predicted molar refractivity (Wildman–Crippen MR) is 149 cm³/mol. The molecule has 1 N–H and O–H groups in total. The highest BCUT2D eigenvalue weighted by molar-refractivity contribution is 7.98. The molecule has 0 saturated heterocycles. The van der Waals surface area contributed by atoms with E-state index in [0.717, 1.165) is 6.20 Å². The van der Waals surface area contributed by atoms with Crippen molar-refractivity contribution in [3.8, 4) is 45.1 Å². The Labute approximate surface area is 246 Å². The van der Waals surface area contributed by atoms with Gasteiger partial charge in [-0.25, -0.2) is 14.4 Å². The van der Waals surface area contributed by atoms with Crippen molar-refractivity contribution in [1.29, 1.82) is 0 Å². The molecule has 43 heavy (non-hydrogen) atoms. The number of aromatic nitrogens is 3. The molecule has 0 aliphatic carbocycles. The molecule has 224 valence electrons. The minimum Gasteiger partial charge on any atom is -0.440 e. The molecule has 13 heteroatoms. The molecule has 3 aromatic carbocycles. The Hall–Kier alpha value is -4.23. The van der Waals surface area contributed by atoms with E-state index in [-0.39, 0.29) is 34.5 Å². The van der Waals surface area contributed by atoms with Gasteiger partial charge >= 0.3 is 12.8 Å². The van der Waals surface area contributed by atoms with Crippen LogP contribution in [0.15, 0.2) is 70.1 Å². The van der Waals surface area contributed by atoms with E-state index < -0.39 is 30.9 Å². The summed E-state index contributed by atoms with van der Waals surface area (Å²) in [6, 6.07) is 13.5. The summed E-state index contributed by atoms with van der Waals surface area (Å²) in [6.07, 6.45) is -2.07. The standard InChI is InChI=1S/C30H23F6N3O3S/c1-15-37-26(30(34,35)36)13-39(15)24-9-6-18(19-11-23(31)22(14-40)25(12-19)43-3)10-21(24)28-27(38-16(2)41-28)17-4-7-20(8-5-17)42-29(32)33/h4-13,29,40H,14H2,1-3H3. The highest BCUT2D eigenvalue weighted by atomic mass is 32.2. The molecule has 0 unspecified atom stereocenters. The number of thioether (sulfide) groups is 1. The number of halogens is 6. The first kappa shape index (κ1) is 30.2. The monoisotopic (exact) mass is 619 g/mol. The molecule has 0 radical (unpaired) electrons. The van der Waals surface area contributed by atoms with E-state index in [1.807, 2.05) is 0 Å². The van der Waals surface area contributed by atoms with Crippen molar-refractivity contribution >= 4 is 11.8 Å². The second-order valence-corrected chi connectivity index (χ2v) is 10.2. The van der Waals surface area contributed by atoms with Gasteiger partial charge in [-0.2, -0.15) is 22.0 Å². The number of benzene rings is 3. The second kappa shape index (κ2) is 11.8. The van der Waals surface area contributed by atoms with Gasteiger partial charge in [-0.1, -0.05) is 6.07 Å². The Kier molecular flexibility index (Phi) is 8.30. The number of oxazole rings is 1. The molecule has 0 saturated carbocycles. The number of aliphatic hydroxyl groups is 1. The largest absolute Gasteiger partial charge is 0.440 e. The first-order valence-corrected chi connectivity index (χ1v) is 13.9.